The second-order valence-corrected chi connectivity index (χ2v) is 5.40. The number of carbonyl (C=O) groups is 1. The van der Waals surface area contributed by atoms with Crippen molar-refractivity contribution in [2.75, 3.05) is 18.4 Å². The normalized spacial score (nSPS) is 17.9. The second kappa shape index (κ2) is 6.13. The maximum absolute atomic E-state index is 11.8. The molecule has 1 amide bonds. The summed E-state index contributed by atoms with van der Waals surface area (Å²) >= 11 is 1.39. The number of hydrogen-bond donors (Lipinski definition) is 1. The Hall–Kier alpha value is -1.17. The minimum absolute atomic E-state index is 0.215. The van der Waals surface area contributed by atoms with E-state index in [1.54, 1.807) is 0 Å². The first-order chi connectivity index (χ1) is 8.70. The van der Waals surface area contributed by atoms with Gasteiger partial charge in [0.2, 0.25) is 11.0 Å². The lowest BCUT2D eigenvalue weighted by atomic mass is 10.1. The van der Waals surface area contributed by atoms with Crippen molar-refractivity contribution in [3.8, 4) is 0 Å². The van der Waals surface area contributed by atoms with Crippen LogP contribution in [0, 0.1) is 0 Å². The number of rotatable bonds is 5. The molecule has 1 atom stereocenters. The molecule has 1 aliphatic heterocycles. The summed E-state index contributed by atoms with van der Waals surface area (Å²) in [6.45, 7) is 5.75. The highest BCUT2D eigenvalue weighted by molar-refractivity contribution is 7.09. The van der Waals surface area contributed by atoms with Gasteiger partial charge in [-0.25, -0.2) is 4.98 Å². The lowest BCUT2D eigenvalue weighted by Crippen LogP contribution is -2.44. The molecule has 1 saturated heterocycles. The Kier molecular flexibility index (Phi) is 4.52. The predicted octanol–water partition coefficient (Wildman–Crippen LogP) is 1.91. The Morgan fingerprint density at radius 3 is 3.00 bits per heavy atom. The lowest BCUT2D eigenvalue weighted by molar-refractivity contribution is -0.135. The van der Waals surface area contributed by atoms with Crippen molar-refractivity contribution >= 4 is 22.6 Å². The van der Waals surface area contributed by atoms with Gasteiger partial charge in [-0.3, -0.25) is 4.79 Å². The van der Waals surface area contributed by atoms with Crippen LogP contribution in [0.1, 0.15) is 38.9 Å². The van der Waals surface area contributed by atoms with Crippen molar-refractivity contribution < 1.29 is 4.79 Å². The highest BCUT2D eigenvalue weighted by Crippen LogP contribution is 2.15. The van der Waals surface area contributed by atoms with Crippen molar-refractivity contribution in [2.45, 2.75) is 45.6 Å². The van der Waals surface area contributed by atoms with Gasteiger partial charge in [0.25, 0.3) is 0 Å². The number of hydrogen-bond acceptors (Lipinski definition) is 5. The number of nitrogens with zero attached hydrogens (tertiary/aromatic N) is 3. The lowest BCUT2D eigenvalue weighted by Gasteiger charge is -2.32. The minimum atomic E-state index is 0.215. The molecule has 2 rings (SSSR count). The van der Waals surface area contributed by atoms with Crippen molar-refractivity contribution in [3.05, 3.63) is 5.82 Å². The molecule has 0 spiro atoms. The van der Waals surface area contributed by atoms with Gasteiger partial charge >= 0.3 is 0 Å². The van der Waals surface area contributed by atoms with Crippen molar-refractivity contribution in [1.29, 1.82) is 0 Å². The van der Waals surface area contributed by atoms with Crippen LogP contribution in [0.2, 0.25) is 0 Å². The highest BCUT2D eigenvalue weighted by atomic mass is 32.1. The smallest absolute Gasteiger partial charge is 0.222 e. The molecule has 5 nitrogen and oxygen atoms in total. The number of carbonyl (C=O) groups excluding carboxylic acids is 1. The molecule has 1 N–H and O–H groups in total. The second-order valence-electron chi connectivity index (χ2n) is 4.64. The molecular weight excluding hydrogens is 248 g/mol. The number of piperidine rings is 1. The van der Waals surface area contributed by atoms with E-state index >= 15 is 0 Å². The molecule has 1 aromatic rings. The molecule has 0 saturated carbocycles. The third kappa shape index (κ3) is 3.19. The van der Waals surface area contributed by atoms with Crippen LogP contribution in [0.15, 0.2) is 0 Å². The van der Waals surface area contributed by atoms with Gasteiger partial charge in [-0.05, 0) is 19.8 Å². The third-order valence-corrected chi connectivity index (χ3v) is 3.94. The molecule has 0 unspecified atom stereocenters. The average Bonchev–Trinajstić information content (AvgIpc) is 2.84. The number of likely N-dealkylation sites (tertiary alicyclic amines) is 1. The van der Waals surface area contributed by atoms with Gasteiger partial charge in [0.05, 0.1) is 0 Å². The van der Waals surface area contributed by atoms with Gasteiger partial charge in [-0.1, -0.05) is 6.92 Å². The number of nitrogens with one attached hydrogen (secondary N) is 1. The molecule has 1 aromatic heterocycles. The maximum Gasteiger partial charge on any atom is 0.222 e. The molecule has 0 aliphatic carbocycles. The maximum atomic E-state index is 11.8. The van der Waals surface area contributed by atoms with E-state index in [4.69, 9.17) is 0 Å². The molecule has 100 valence electrons. The third-order valence-electron chi connectivity index (χ3n) is 3.23. The number of aromatic nitrogens is 2. The molecule has 0 aromatic carbocycles. The first kappa shape index (κ1) is 13.3. The van der Waals surface area contributed by atoms with Crippen LogP contribution in [0.5, 0.6) is 0 Å². The van der Waals surface area contributed by atoms with E-state index in [9.17, 15) is 4.79 Å². The van der Waals surface area contributed by atoms with Crippen LogP contribution >= 0.6 is 11.5 Å². The predicted molar refractivity (Wildman–Crippen MR) is 72.8 cm³/mol. The quantitative estimate of drug-likeness (QED) is 0.886. The minimum Gasteiger partial charge on any atom is -0.358 e. The van der Waals surface area contributed by atoms with Crippen LogP contribution in [0.3, 0.4) is 0 Å². The van der Waals surface area contributed by atoms with E-state index < -0.39 is 0 Å². The van der Waals surface area contributed by atoms with E-state index in [1.807, 2.05) is 11.8 Å². The van der Waals surface area contributed by atoms with Crippen molar-refractivity contribution in [3.63, 3.8) is 0 Å². The van der Waals surface area contributed by atoms with Gasteiger partial charge in [0.1, 0.15) is 5.82 Å². The van der Waals surface area contributed by atoms with E-state index in [0.29, 0.717) is 6.42 Å². The molecule has 6 heteroatoms. The Labute approximate surface area is 112 Å². The Morgan fingerprint density at radius 1 is 1.50 bits per heavy atom. The Balaban J connectivity index is 1.83. The average molecular weight is 268 g/mol. The van der Waals surface area contributed by atoms with E-state index in [2.05, 4.69) is 21.6 Å². The van der Waals surface area contributed by atoms with Gasteiger partial charge < -0.3 is 10.2 Å². The Bertz CT molecular complexity index is 407. The summed E-state index contributed by atoms with van der Waals surface area (Å²) in [6, 6.07) is 0.215. The molecule has 0 bridgehead atoms. The van der Waals surface area contributed by atoms with Crippen LogP contribution in [0.4, 0.5) is 5.13 Å². The summed E-state index contributed by atoms with van der Waals surface area (Å²) in [5, 5.41) is 4.12. The van der Waals surface area contributed by atoms with Crippen LogP contribution in [-0.2, 0) is 11.2 Å². The van der Waals surface area contributed by atoms with E-state index in [0.717, 1.165) is 43.3 Å². The summed E-state index contributed by atoms with van der Waals surface area (Å²) in [5.74, 6) is 1.16. The number of anilines is 1. The van der Waals surface area contributed by atoms with Crippen molar-refractivity contribution in [2.24, 2.45) is 0 Å². The number of amides is 1. The van der Waals surface area contributed by atoms with E-state index in [1.165, 1.54) is 11.5 Å². The fraction of sp³-hybridized carbons (Fsp3) is 0.750. The first-order valence-corrected chi connectivity index (χ1v) is 7.34. The zero-order valence-corrected chi connectivity index (χ0v) is 11.8. The highest BCUT2D eigenvalue weighted by Gasteiger charge is 2.22. The fourth-order valence-corrected chi connectivity index (χ4v) is 2.76. The first-order valence-electron chi connectivity index (χ1n) is 6.56. The Morgan fingerprint density at radius 2 is 2.33 bits per heavy atom. The molecular formula is C12H20N4OS. The van der Waals surface area contributed by atoms with Crippen LogP contribution < -0.4 is 5.32 Å². The SMILES string of the molecule is CCc1nsc(NC[C@H](C)N2CCCCC2=O)n1. The van der Waals surface area contributed by atoms with Gasteiger partial charge in [0.15, 0.2) is 0 Å². The van der Waals surface area contributed by atoms with Gasteiger partial charge in [-0.2, -0.15) is 4.37 Å². The molecule has 2 heterocycles. The van der Waals surface area contributed by atoms with Crippen LogP contribution in [0.25, 0.3) is 0 Å². The zero-order chi connectivity index (χ0) is 13.0. The fourth-order valence-electron chi connectivity index (χ4n) is 2.11. The molecule has 1 fully saturated rings. The zero-order valence-electron chi connectivity index (χ0n) is 11.0. The van der Waals surface area contributed by atoms with E-state index in [-0.39, 0.29) is 11.9 Å². The van der Waals surface area contributed by atoms with Gasteiger partial charge in [-0.15, -0.1) is 0 Å². The molecule has 1 aliphatic rings. The topological polar surface area (TPSA) is 58.1 Å². The standard InChI is InChI=1S/C12H20N4OS/c1-3-10-14-12(18-15-10)13-8-9(2)16-7-5-4-6-11(16)17/h9H,3-8H2,1-2H3,(H,13,14,15)/t9-/m0/s1. The summed E-state index contributed by atoms with van der Waals surface area (Å²) in [7, 11) is 0. The largest absolute Gasteiger partial charge is 0.358 e. The molecule has 18 heavy (non-hydrogen) atoms. The monoisotopic (exact) mass is 268 g/mol. The summed E-state index contributed by atoms with van der Waals surface area (Å²) in [5.41, 5.74) is 0. The van der Waals surface area contributed by atoms with Crippen LogP contribution in [-0.4, -0.2) is 39.3 Å². The summed E-state index contributed by atoms with van der Waals surface area (Å²) < 4.78 is 4.23. The summed E-state index contributed by atoms with van der Waals surface area (Å²) in [4.78, 5) is 18.1. The number of aryl methyl sites for hydroxylation is 1. The molecule has 0 radical (unpaired) electrons. The van der Waals surface area contributed by atoms with Crippen molar-refractivity contribution in [1.82, 2.24) is 14.3 Å². The summed E-state index contributed by atoms with van der Waals surface area (Å²) in [6.07, 6.45) is 3.71. The van der Waals surface area contributed by atoms with Gasteiger partial charge in [0, 0.05) is 43.5 Å².